The van der Waals surface area contributed by atoms with Gasteiger partial charge in [0, 0.05) is 0 Å². The maximum absolute atomic E-state index is 12.0. The summed E-state index contributed by atoms with van der Waals surface area (Å²) in [5, 5.41) is 2.77. The first-order valence-electron chi connectivity index (χ1n) is 6.62. The smallest absolute Gasteiger partial charge is 0.228 e. The van der Waals surface area contributed by atoms with E-state index in [1.807, 2.05) is 0 Å². The van der Waals surface area contributed by atoms with Gasteiger partial charge in [-0.15, -0.1) is 0 Å². The van der Waals surface area contributed by atoms with Crippen molar-refractivity contribution in [3.05, 3.63) is 53.5 Å². The molecule has 110 valence electrons. The van der Waals surface area contributed by atoms with Crippen molar-refractivity contribution in [2.75, 3.05) is 5.75 Å². The molecule has 1 aliphatic heterocycles. The summed E-state index contributed by atoms with van der Waals surface area (Å²) < 4.78 is 29.4. The number of hydrogen-bond acceptors (Lipinski definition) is 4. The molecule has 3 rings (SSSR count). The second kappa shape index (κ2) is 5.04. The molecule has 0 unspecified atom stereocenters. The number of nitrogens with one attached hydrogen (secondary N) is 1. The third kappa shape index (κ3) is 2.71. The lowest BCUT2D eigenvalue weighted by atomic mass is 10.1. The third-order valence-electron chi connectivity index (χ3n) is 3.48. The number of hydrogen-bond donors (Lipinski definition) is 1. The van der Waals surface area contributed by atoms with Crippen LogP contribution in [0.1, 0.15) is 23.1 Å². The van der Waals surface area contributed by atoms with Crippen LogP contribution in [0, 0.1) is 6.92 Å². The van der Waals surface area contributed by atoms with Crippen molar-refractivity contribution < 1.29 is 17.6 Å². The van der Waals surface area contributed by atoms with Gasteiger partial charge in [-0.05, 0) is 30.7 Å². The Kier molecular flexibility index (Phi) is 3.33. The number of amides is 1. The second-order valence-electron chi connectivity index (χ2n) is 5.13. The topological polar surface area (TPSA) is 76.4 Å². The molecule has 0 bridgehead atoms. The molecule has 0 fully saturated rings. The van der Waals surface area contributed by atoms with Crippen molar-refractivity contribution in [2.45, 2.75) is 24.3 Å². The normalized spacial score (nSPS) is 19.2. The summed E-state index contributed by atoms with van der Waals surface area (Å²) in [6.45, 7) is 1.81. The Balaban J connectivity index is 1.76. The maximum Gasteiger partial charge on any atom is 0.228 e. The van der Waals surface area contributed by atoms with Crippen LogP contribution in [0.3, 0.4) is 0 Å². The largest absolute Gasteiger partial charge is 0.466 e. The Labute approximate surface area is 122 Å². The van der Waals surface area contributed by atoms with Crippen LogP contribution in [0.2, 0.25) is 0 Å². The molecule has 0 saturated carbocycles. The molecule has 1 atom stereocenters. The van der Waals surface area contributed by atoms with Gasteiger partial charge >= 0.3 is 0 Å². The SMILES string of the molecule is Cc1ccc(CC(=O)N[C@@H]2CS(=O)(=O)c3ccccc32)o1. The van der Waals surface area contributed by atoms with Crippen LogP contribution in [0.25, 0.3) is 0 Å². The maximum atomic E-state index is 12.0. The summed E-state index contributed by atoms with van der Waals surface area (Å²) in [5.41, 5.74) is 0.654. The van der Waals surface area contributed by atoms with Gasteiger partial charge in [0.15, 0.2) is 9.84 Å². The molecule has 1 aromatic heterocycles. The molecule has 5 nitrogen and oxygen atoms in total. The van der Waals surface area contributed by atoms with Crippen LogP contribution < -0.4 is 5.32 Å². The zero-order valence-electron chi connectivity index (χ0n) is 11.5. The lowest BCUT2D eigenvalue weighted by Crippen LogP contribution is -2.30. The number of benzene rings is 1. The minimum atomic E-state index is -3.31. The summed E-state index contributed by atoms with van der Waals surface area (Å²) in [7, 11) is -3.31. The van der Waals surface area contributed by atoms with Crippen molar-refractivity contribution in [3.63, 3.8) is 0 Å². The van der Waals surface area contributed by atoms with Gasteiger partial charge in [0.25, 0.3) is 0 Å². The predicted molar refractivity (Wildman–Crippen MR) is 76.5 cm³/mol. The Morgan fingerprint density at radius 2 is 2.05 bits per heavy atom. The van der Waals surface area contributed by atoms with Gasteiger partial charge in [-0.25, -0.2) is 8.42 Å². The van der Waals surface area contributed by atoms with E-state index < -0.39 is 15.9 Å². The highest BCUT2D eigenvalue weighted by Crippen LogP contribution is 2.32. The van der Waals surface area contributed by atoms with E-state index in [4.69, 9.17) is 4.42 Å². The van der Waals surface area contributed by atoms with Gasteiger partial charge in [0.1, 0.15) is 11.5 Å². The lowest BCUT2D eigenvalue weighted by molar-refractivity contribution is -0.121. The number of sulfone groups is 1. The first kappa shape index (κ1) is 13.9. The Hall–Kier alpha value is -2.08. The Morgan fingerprint density at radius 1 is 1.29 bits per heavy atom. The standard InChI is InChI=1S/C15H15NO4S/c1-10-6-7-11(20-10)8-15(17)16-13-9-21(18,19)14-5-3-2-4-12(13)14/h2-7,13H,8-9H2,1H3,(H,16,17)/t13-/m1/s1. The van der Waals surface area contributed by atoms with Gasteiger partial charge in [-0.1, -0.05) is 18.2 Å². The van der Waals surface area contributed by atoms with Crippen LogP contribution in [0.4, 0.5) is 0 Å². The number of carbonyl (C=O) groups excluding carboxylic acids is 1. The molecular weight excluding hydrogens is 290 g/mol. The molecule has 1 amide bonds. The molecular formula is C15H15NO4S. The molecule has 6 heteroatoms. The first-order chi connectivity index (χ1) is 9.95. The molecule has 0 saturated heterocycles. The third-order valence-corrected chi connectivity index (χ3v) is 5.30. The highest BCUT2D eigenvalue weighted by molar-refractivity contribution is 7.91. The molecule has 1 aliphatic rings. The van der Waals surface area contributed by atoms with E-state index in [2.05, 4.69) is 5.32 Å². The van der Waals surface area contributed by atoms with Crippen molar-refractivity contribution in [2.24, 2.45) is 0 Å². The number of carbonyl (C=O) groups is 1. The number of furan rings is 1. The fourth-order valence-electron chi connectivity index (χ4n) is 2.55. The fraction of sp³-hybridized carbons (Fsp3) is 0.267. The molecule has 0 spiro atoms. The van der Waals surface area contributed by atoms with E-state index >= 15 is 0 Å². The molecule has 0 radical (unpaired) electrons. The van der Waals surface area contributed by atoms with Crippen LogP contribution in [-0.2, 0) is 21.1 Å². The Bertz CT molecular complexity index is 792. The lowest BCUT2D eigenvalue weighted by Gasteiger charge is -2.12. The summed E-state index contributed by atoms with van der Waals surface area (Å²) in [4.78, 5) is 12.3. The van der Waals surface area contributed by atoms with Gasteiger partial charge < -0.3 is 9.73 Å². The summed E-state index contributed by atoms with van der Waals surface area (Å²) in [6.07, 6.45) is 0.104. The first-order valence-corrected chi connectivity index (χ1v) is 8.27. The second-order valence-corrected chi connectivity index (χ2v) is 7.13. The summed E-state index contributed by atoms with van der Waals surface area (Å²) in [5.74, 6) is 0.974. The van der Waals surface area contributed by atoms with Crippen LogP contribution in [0.15, 0.2) is 45.7 Å². The zero-order valence-corrected chi connectivity index (χ0v) is 12.3. The fourth-order valence-corrected chi connectivity index (χ4v) is 4.29. The quantitative estimate of drug-likeness (QED) is 0.937. The van der Waals surface area contributed by atoms with Crippen LogP contribution in [0.5, 0.6) is 0 Å². The van der Waals surface area contributed by atoms with Gasteiger partial charge in [0.05, 0.1) is 23.1 Å². The summed E-state index contributed by atoms with van der Waals surface area (Å²) >= 11 is 0. The van der Waals surface area contributed by atoms with E-state index in [1.165, 1.54) is 0 Å². The number of rotatable bonds is 3. The van der Waals surface area contributed by atoms with Crippen LogP contribution in [-0.4, -0.2) is 20.1 Å². The number of fused-ring (bicyclic) bond motifs is 1. The molecule has 2 aromatic rings. The number of aryl methyl sites for hydroxylation is 1. The molecule has 0 aliphatic carbocycles. The van der Waals surface area contributed by atoms with Gasteiger partial charge in [-0.3, -0.25) is 4.79 Å². The highest BCUT2D eigenvalue weighted by Gasteiger charge is 2.35. The molecule has 2 heterocycles. The van der Waals surface area contributed by atoms with Gasteiger partial charge in [-0.2, -0.15) is 0 Å². The predicted octanol–water partition coefficient (Wildman–Crippen LogP) is 1.78. The average Bonchev–Trinajstić information content (AvgIpc) is 2.93. The van der Waals surface area contributed by atoms with Crippen molar-refractivity contribution >= 4 is 15.7 Å². The molecule has 1 N–H and O–H groups in total. The van der Waals surface area contributed by atoms with Crippen molar-refractivity contribution in [3.8, 4) is 0 Å². The zero-order chi connectivity index (χ0) is 15.0. The highest BCUT2D eigenvalue weighted by atomic mass is 32.2. The van der Waals surface area contributed by atoms with Crippen molar-refractivity contribution in [1.82, 2.24) is 5.32 Å². The van der Waals surface area contributed by atoms with Crippen molar-refractivity contribution in [1.29, 1.82) is 0 Å². The minimum Gasteiger partial charge on any atom is -0.466 e. The molecule has 1 aromatic carbocycles. The van der Waals surface area contributed by atoms with E-state index in [0.717, 1.165) is 5.76 Å². The Morgan fingerprint density at radius 3 is 2.76 bits per heavy atom. The van der Waals surface area contributed by atoms with Crippen LogP contribution >= 0.6 is 0 Å². The summed E-state index contributed by atoms with van der Waals surface area (Å²) in [6, 6.07) is 9.82. The van der Waals surface area contributed by atoms with E-state index in [9.17, 15) is 13.2 Å². The molecule has 21 heavy (non-hydrogen) atoms. The van der Waals surface area contributed by atoms with E-state index in [1.54, 1.807) is 43.3 Å². The van der Waals surface area contributed by atoms with E-state index in [0.29, 0.717) is 16.2 Å². The minimum absolute atomic E-state index is 0.0880. The van der Waals surface area contributed by atoms with Gasteiger partial charge in [0.2, 0.25) is 5.91 Å². The van der Waals surface area contributed by atoms with E-state index in [-0.39, 0.29) is 18.1 Å². The monoisotopic (exact) mass is 305 g/mol. The average molecular weight is 305 g/mol.